The number of thioether (sulfide) groups is 2. The number of halogens is 1. The van der Waals surface area contributed by atoms with Crippen LogP contribution in [0.2, 0.25) is 5.02 Å². The highest BCUT2D eigenvalue weighted by molar-refractivity contribution is 8.14. The van der Waals surface area contributed by atoms with Gasteiger partial charge in [0, 0.05) is 15.7 Å². The van der Waals surface area contributed by atoms with Crippen LogP contribution < -0.4 is 5.43 Å². The summed E-state index contributed by atoms with van der Waals surface area (Å²) in [5, 5.41) is 5.90. The normalized spacial score (nSPS) is 16.3. The summed E-state index contributed by atoms with van der Waals surface area (Å²) in [6.45, 7) is 0. The topological polar surface area (TPSA) is 36.8 Å². The molecule has 2 aromatic rings. The van der Waals surface area contributed by atoms with Gasteiger partial charge in [-0.3, -0.25) is 5.43 Å². The first-order valence-electron chi connectivity index (χ1n) is 6.68. The van der Waals surface area contributed by atoms with Crippen LogP contribution >= 0.6 is 35.1 Å². The molecule has 1 aliphatic heterocycles. The number of hydrogen-bond donors (Lipinski definition) is 1. The average molecular weight is 348 g/mol. The summed E-state index contributed by atoms with van der Waals surface area (Å²) < 4.78 is 0. The van der Waals surface area contributed by atoms with Gasteiger partial charge in [0.2, 0.25) is 0 Å². The third-order valence-corrected chi connectivity index (χ3v) is 4.95. The second-order valence-electron chi connectivity index (χ2n) is 4.58. The molecule has 1 N–H and O–H groups in total. The summed E-state index contributed by atoms with van der Waals surface area (Å²) in [7, 11) is 0. The van der Waals surface area contributed by atoms with Crippen LogP contribution in [0.25, 0.3) is 0 Å². The molecule has 0 radical (unpaired) electrons. The largest absolute Gasteiger partial charge is 0.255 e. The third kappa shape index (κ3) is 3.85. The molecule has 3 nitrogen and oxygen atoms in total. The van der Waals surface area contributed by atoms with Crippen LogP contribution in [0.15, 0.2) is 63.5 Å². The first-order chi connectivity index (χ1) is 10.7. The van der Waals surface area contributed by atoms with Gasteiger partial charge in [0.1, 0.15) is 0 Å². The Labute approximate surface area is 143 Å². The van der Waals surface area contributed by atoms with Crippen molar-refractivity contribution in [3.05, 3.63) is 59.1 Å². The van der Waals surface area contributed by atoms with Crippen molar-refractivity contribution in [1.82, 2.24) is 5.43 Å². The lowest BCUT2D eigenvalue weighted by Gasteiger charge is -2.15. The molecule has 0 aliphatic carbocycles. The van der Waals surface area contributed by atoms with Gasteiger partial charge in [-0.2, -0.15) is 5.10 Å². The van der Waals surface area contributed by atoms with Gasteiger partial charge >= 0.3 is 0 Å². The van der Waals surface area contributed by atoms with Crippen molar-refractivity contribution in [3.8, 4) is 0 Å². The van der Waals surface area contributed by atoms with E-state index in [0.717, 1.165) is 27.9 Å². The molecule has 0 bridgehead atoms. The maximum absolute atomic E-state index is 5.96. The van der Waals surface area contributed by atoms with Crippen LogP contribution in [0.5, 0.6) is 0 Å². The Morgan fingerprint density at radius 2 is 2.05 bits per heavy atom. The number of rotatable bonds is 3. The van der Waals surface area contributed by atoms with Gasteiger partial charge in [-0.15, -0.1) is 11.8 Å². The van der Waals surface area contributed by atoms with Crippen LogP contribution in [0.3, 0.4) is 0 Å². The molecule has 0 saturated carbocycles. The maximum atomic E-state index is 5.96. The van der Waals surface area contributed by atoms with Crippen molar-refractivity contribution in [2.75, 3.05) is 12.0 Å². The number of amidine groups is 1. The molecule has 0 atom stereocenters. The van der Waals surface area contributed by atoms with E-state index in [9.17, 15) is 0 Å². The van der Waals surface area contributed by atoms with Crippen molar-refractivity contribution < 1.29 is 0 Å². The molecule has 22 heavy (non-hydrogen) atoms. The Morgan fingerprint density at radius 3 is 2.68 bits per heavy atom. The van der Waals surface area contributed by atoms with Crippen molar-refractivity contribution in [1.29, 1.82) is 0 Å². The summed E-state index contributed by atoms with van der Waals surface area (Å²) in [5.74, 6) is 0.797. The zero-order valence-corrected chi connectivity index (χ0v) is 14.3. The fourth-order valence-corrected chi connectivity index (χ4v) is 3.35. The van der Waals surface area contributed by atoms with Crippen molar-refractivity contribution in [2.45, 2.75) is 4.90 Å². The predicted octanol–water partition coefficient (Wildman–Crippen LogP) is 4.79. The third-order valence-electron chi connectivity index (χ3n) is 3.09. The van der Waals surface area contributed by atoms with Gasteiger partial charge in [0.15, 0.2) is 5.17 Å². The van der Waals surface area contributed by atoms with Gasteiger partial charge in [0.25, 0.3) is 0 Å². The highest BCUT2D eigenvalue weighted by Crippen LogP contribution is 2.22. The highest BCUT2D eigenvalue weighted by atomic mass is 35.5. The zero-order valence-electron chi connectivity index (χ0n) is 11.9. The molecule has 3 rings (SSSR count). The smallest absolute Gasteiger partial charge is 0.182 e. The van der Waals surface area contributed by atoms with E-state index in [4.69, 9.17) is 11.6 Å². The monoisotopic (exact) mass is 347 g/mol. The van der Waals surface area contributed by atoms with Gasteiger partial charge in [-0.25, -0.2) is 4.99 Å². The lowest BCUT2D eigenvalue weighted by Crippen LogP contribution is -2.25. The lowest BCUT2D eigenvalue weighted by molar-refractivity contribution is 1.03. The molecule has 0 amide bonds. The zero-order chi connectivity index (χ0) is 15.4. The summed E-state index contributed by atoms with van der Waals surface area (Å²) in [4.78, 5) is 5.76. The molecule has 1 aliphatic rings. The molecular weight excluding hydrogens is 334 g/mol. The molecule has 0 saturated heterocycles. The summed E-state index contributed by atoms with van der Waals surface area (Å²) in [5.41, 5.74) is 6.01. The van der Waals surface area contributed by atoms with Crippen LogP contribution in [-0.4, -0.2) is 22.9 Å². The SMILES string of the molecule is CSc1ccc(C2=NNC(=Nc3cccc(Cl)c3)SC2)cc1. The molecule has 1 heterocycles. The highest BCUT2D eigenvalue weighted by Gasteiger charge is 2.13. The number of benzene rings is 2. The molecule has 2 aromatic carbocycles. The first kappa shape index (κ1) is 15.5. The standard InChI is InChI=1S/C16H14ClN3S2/c1-21-14-7-5-11(6-8-14)15-10-22-16(20-19-15)18-13-4-2-3-12(17)9-13/h2-9H,10H2,1H3,(H,18,20). The van der Waals surface area contributed by atoms with E-state index >= 15 is 0 Å². The van der Waals surface area contributed by atoms with Gasteiger partial charge in [0.05, 0.1) is 11.4 Å². The van der Waals surface area contributed by atoms with Crippen molar-refractivity contribution in [3.63, 3.8) is 0 Å². The molecule has 0 fully saturated rings. The summed E-state index contributed by atoms with van der Waals surface area (Å²) in [6, 6.07) is 15.9. The fraction of sp³-hybridized carbons (Fsp3) is 0.125. The van der Waals surface area contributed by atoms with E-state index in [1.54, 1.807) is 23.5 Å². The molecular formula is C16H14ClN3S2. The second-order valence-corrected chi connectivity index (χ2v) is 6.86. The number of hydrazone groups is 1. The van der Waals surface area contributed by atoms with Crippen molar-refractivity contribution in [2.24, 2.45) is 10.1 Å². The molecule has 0 unspecified atom stereocenters. The molecule has 112 valence electrons. The van der Waals surface area contributed by atoms with Gasteiger partial charge < -0.3 is 0 Å². The molecule has 0 aromatic heterocycles. The Kier molecular flexibility index (Phi) is 5.08. The summed E-state index contributed by atoms with van der Waals surface area (Å²) >= 11 is 9.34. The minimum Gasteiger partial charge on any atom is -0.255 e. The van der Waals surface area contributed by atoms with Gasteiger partial charge in [-0.05, 0) is 42.2 Å². The lowest BCUT2D eigenvalue weighted by atomic mass is 10.1. The van der Waals surface area contributed by atoms with Crippen LogP contribution in [0.4, 0.5) is 5.69 Å². The van der Waals surface area contributed by atoms with Crippen LogP contribution in [0.1, 0.15) is 5.56 Å². The Morgan fingerprint density at radius 1 is 1.23 bits per heavy atom. The quantitative estimate of drug-likeness (QED) is 0.811. The van der Waals surface area contributed by atoms with E-state index in [1.807, 2.05) is 24.3 Å². The summed E-state index contributed by atoms with van der Waals surface area (Å²) in [6.07, 6.45) is 2.07. The van der Waals surface area contributed by atoms with E-state index < -0.39 is 0 Å². The van der Waals surface area contributed by atoms with Crippen LogP contribution in [0, 0.1) is 0 Å². The Balaban J connectivity index is 1.73. The Hall–Kier alpha value is -1.43. The number of nitrogens with zero attached hydrogens (tertiary/aromatic N) is 2. The maximum Gasteiger partial charge on any atom is 0.182 e. The van der Waals surface area contributed by atoms with E-state index in [-0.39, 0.29) is 0 Å². The van der Waals surface area contributed by atoms with Crippen LogP contribution in [-0.2, 0) is 0 Å². The first-order valence-corrected chi connectivity index (χ1v) is 9.27. The van der Waals surface area contributed by atoms with E-state index in [1.165, 1.54) is 4.90 Å². The number of aliphatic imine (C=N–C) groups is 1. The number of hydrogen-bond acceptors (Lipinski definition) is 4. The van der Waals surface area contributed by atoms with Gasteiger partial charge in [-0.1, -0.05) is 41.6 Å². The van der Waals surface area contributed by atoms with E-state index in [2.05, 4.69) is 46.0 Å². The Bertz CT molecular complexity index is 726. The van der Waals surface area contributed by atoms with E-state index in [0.29, 0.717) is 5.02 Å². The molecule has 0 spiro atoms. The predicted molar refractivity (Wildman–Crippen MR) is 98.9 cm³/mol. The second kappa shape index (κ2) is 7.22. The number of nitrogens with one attached hydrogen (secondary N) is 1. The fourth-order valence-electron chi connectivity index (χ4n) is 1.97. The minimum absolute atomic E-state index is 0.681. The average Bonchev–Trinajstić information content (AvgIpc) is 2.56. The van der Waals surface area contributed by atoms with Crippen molar-refractivity contribution >= 4 is 51.7 Å². The molecule has 6 heteroatoms. The minimum atomic E-state index is 0.681.